The molecule has 0 aliphatic heterocycles. The highest BCUT2D eigenvalue weighted by atomic mass is 79.9. The van der Waals surface area contributed by atoms with E-state index in [4.69, 9.17) is 32.7 Å². The average molecular weight is 448 g/mol. The lowest BCUT2D eigenvalue weighted by molar-refractivity contribution is -0.123. The first-order chi connectivity index (χ1) is 11.9. The van der Waals surface area contributed by atoms with Gasteiger partial charge >= 0.3 is 0 Å². The number of hydrogen-bond donors (Lipinski definition) is 2. The average Bonchev–Trinajstić information content (AvgIpc) is 2.58. The van der Waals surface area contributed by atoms with E-state index in [1.807, 2.05) is 0 Å². The van der Waals surface area contributed by atoms with Gasteiger partial charge in [-0.15, -0.1) is 0 Å². The van der Waals surface area contributed by atoms with E-state index < -0.39 is 11.8 Å². The van der Waals surface area contributed by atoms with Gasteiger partial charge in [-0.3, -0.25) is 20.4 Å². The zero-order chi connectivity index (χ0) is 18.4. The minimum Gasteiger partial charge on any atom is -0.496 e. The highest BCUT2D eigenvalue weighted by Crippen LogP contribution is 2.27. The minimum absolute atomic E-state index is 0.263. The van der Waals surface area contributed by atoms with Crippen molar-refractivity contribution >= 4 is 50.9 Å². The van der Waals surface area contributed by atoms with Gasteiger partial charge in [-0.25, -0.2) is 0 Å². The van der Waals surface area contributed by atoms with Crippen molar-refractivity contribution < 1.29 is 19.1 Å². The molecular weight excluding hydrogens is 435 g/mol. The molecule has 0 spiro atoms. The van der Waals surface area contributed by atoms with Crippen LogP contribution in [0.15, 0.2) is 40.9 Å². The van der Waals surface area contributed by atoms with Crippen LogP contribution in [-0.2, 0) is 4.79 Å². The largest absolute Gasteiger partial charge is 0.496 e. The summed E-state index contributed by atoms with van der Waals surface area (Å²) in [5.41, 5.74) is 4.80. The lowest BCUT2D eigenvalue weighted by Crippen LogP contribution is -2.43. The second-order valence-corrected chi connectivity index (χ2v) is 6.47. The second kappa shape index (κ2) is 8.94. The number of hydrogen-bond acceptors (Lipinski definition) is 4. The summed E-state index contributed by atoms with van der Waals surface area (Å²) in [6, 6.07) is 9.57. The van der Waals surface area contributed by atoms with Gasteiger partial charge in [0.1, 0.15) is 11.5 Å². The molecule has 2 amide bonds. The third-order valence-electron chi connectivity index (χ3n) is 2.97. The summed E-state index contributed by atoms with van der Waals surface area (Å²) in [4.78, 5) is 23.9. The van der Waals surface area contributed by atoms with Crippen molar-refractivity contribution in [1.82, 2.24) is 10.9 Å². The number of methoxy groups -OCH3 is 1. The number of benzene rings is 2. The van der Waals surface area contributed by atoms with Crippen LogP contribution in [0.1, 0.15) is 10.4 Å². The number of hydrazine groups is 1. The molecule has 2 N–H and O–H groups in total. The molecule has 0 saturated carbocycles. The van der Waals surface area contributed by atoms with Gasteiger partial charge in [0.05, 0.1) is 17.7 Å². The summed E-state index contributed by atoms with van der Waals surface area (Å²) in [5.74, 6) is -0.412. The lowest BCUT2D eigenvalue weighted by Gasteiger charge is -2.11. The van der Waals surface area contributed by atoms with Crippen LogP contribution < -0.4 is 20.3 Å². The standard InChI is InChI=1S/C16H13BrCl2N2O4/c1-24-13-4-2-9(17)6-11(13)16(23)21-20-15(22)8-25-14-5-3-10(18)7-12(14)19/h2-7H,8H2,1H3,(H,20,22)(H,21,23). The van der Waals surface area contributed by atoms with Gasteiger partial charge < -0.3 is 9.47 Å². The van der Waals surface area contributed by atoms with Crippen LogP contribution in [0, 0.1) is 0 Å². The first-order valence-electron chi connectivity index (χ1n) is 6.91. The Kier molecular flexibility index (Phi) is 6.92. The quantitative estimate of drug-likeness (QED) is 0.686. The number of rotatable bonds is 5. The Bertz CT molecular complexity index is 802. The Hall–Kier alpha value is -1.96. The molecule has 0 radical (unpaired) electrons. The van der Waals surface area contributed by atoms with Crippen molar-refractivity contribution in [3.63, 3.8) is 0 Å². The summed E-state index contributed by atoms with van der Waals surface area (Å²) in [5, 5.41) is 0.736. The van der Waals surface area contributed by atoms with Crippen molar-refractivity contribution in [2.75, 3.05) is 13.7 Å². The van der Waals surface area contributed by atoms with Gasteiger partial charge in [0.15, 0.2) is 6.61 Å². The first-order valence-corrected chi connectivity index (χ1v) is 8.46. The summed E-state index contributed by atoms with van der Waals surface area (Å²) in [6.07, 6.45) is 0. The van der Waals surface area contributed by atoms with Crippen LogP contribution in [0.4, 0.5) is 0 Å². The molecule has 0 aliphatic rings. The first kappa shape index (κ1) is 19.4. The van der Waals surface area contributed by atoms with Crippen LogP contribution in [0.25, 0.3) is 0 Å². The number of halogens is 3. The molecule has 132 valence electrons. The Balaban J connectivity index is 1.89. The van der Waals surface area contributed by atoms with Crippen LogP contribution in [-0.4, -0.2) is 25.5 Å². The van der Waals surface area contributed by atoms with Crippen molar-refractivity contribution in [2.24, 2.45) is 0 Å². The fraction of sp³-hybridized carbons (Fsp3) is 0.125. The van der Waals surface area contributed by atoms with E-state index in [1.165, 1.54) is 13.2 Å². The maximum absolute atomic E-state index is 12.1. The molecule has 6 nitrogen and oxygen atoms in total. The molecule has 0 unspecified atom stereocenters. The molecule has 0 aliphatic carbocycles. The van der Waals surface area contributed by atoms with Crippen molar-refractivity contribution in [3.05, 3.63) is 56.5 Å². The molecule has 2 rings (SSSR count). The topological polar surface area (TPSA) is 76.7 Å². The van der Waals surface area contributed by atoms with E-state index in [1.54, 1.807) is 30.3 Å². The molecule has 0 saturated heterocycles. The van der Waals surface area contributed by atoms with E-state index in [9.17, 15) is 9.59 Å². The fourth-order valence-corrected chi connectivity index (χ4v) is 2.65. The van der Waals surface area contributed by atoms with Crippen LogP contribution in [0.3, 0.4) is 0 Å². The SMILES string of the molecule is COc1ccc(Br)cc1C(=O)NNC(=O)COc1ccc(Cl)cc1Cl. The Morgan fingerprint density at radius 2 is 1.80 bits per heavy atom. The van der Waals surface area contributed by atoms with E-state index in [2.05, 4.69) is 26.8 Å². The Labute approximate surface area is 162 Å². The third kappa shape index (κ3) is 5.52. The molecule has 0 fully saturated rings. The van der Waals surface area contributed by atoms with Gasteiger partial charge in [0.25, 0.3) is 11.8 Å². The Morgan fingerprint density at radius 3 is 2.48 bits per heavy atom. The molecular formula is C16H13BrCl2N2O4. The van der Waals surface area contributed by atoms with E-state index in [0.717, 1.165) is 0 Å². The second-order valence-electron chi connectivity index (χ2n) is 4.71. The molecule has 9 heteroatoms. The van der Waals surface area contributed by atoms with Gasteiger partial charge in [-0.1, -0.05) is 39.1 Å². The molecule has 0 aromatic heterocycles. The number of ether oxygens (including phenoxy) is 2. The molecule has 2 aromatic carbocycles. The van der Waals surface area contributed by atoms with E-state index in [-0.39, 0.29) is 17.2 Å². The highest BCUT2D eigenvalue weighted by molar-refractivity contribution is 9.10. The number of carbonyl (C=O) groups excluding carboxylic acids is 2. The van der Waals surface area contributed by atoms with Gasteiger partial charge in [0, 0.05) is 9.50 Å². The normalized spacial score (nSPS) is 10.1. The lowest BCUT2D eigenvalue weighted by atomic mass is 10.2. The maximum atomic E-state index is 12.1. The molecule has 0 atom stereocenters. The summed E-state index contributed by atoms with van der Waals surface area (Å²) >= 11 is 15.0. The monoisotopic (exact) mass is 446 g/mol. The fourth-order valence-electron chi connectivity index (χ4n) is 1.82. The molecule has 0 bridgehead atoms. The third-order valence-corrected chi connectivity index (χ3v) is 4.00. The number of amides is 2. The van der Waals surface area contributed by atoms with Crippen LogP contribution in [0.5, 0.6) is 11.5 Å². The summed E-state index contributed by atoms with van der Waals surface area (Å²) in [7, 11) is 1.45. The number of carbonyl (C=O) groups is 2. The molecule has 0 heterocycles. The maximum Gasteiger partial charge on any atom is 0.276 e. The highest BCUT2D eigenvalue weighted by Gasteiger charge is 2.14. The predicted octanol–water partition coefficient (Wildman–Crippen LogP) is 3.60. The van der Waals surface area contributed by atoms with Gasteiger partial charge in [0.2, 0.25) is 0 Å². The smallest absolute Gasteiger partial charge is 0.276 e. The minimum atomic E-state index is -0.562. The van der Waals surface area contributed by atoms with E-state index >= 15 is 0 Å². The summed E-state index contributed by atoms with van der Waals surface area (Å²) < 4.78 is 11.1. The van der Waals surface area contributed by atoms with Gasteiger partial charge in [-0.05, 0) is 36.4 Å². The van der Waals surface area contributed by atoms with Crippen molar-refractivity contribution in [3.8, 4) is 11.5 Å². The van der Waals surface area contributed by atoms with E-state index in [0.29, 0.717) is 21.0 Å². The van der Waals surface area contributed by atoms with Crippen LogP contribution in [0.2, 0.25) is 10.0 Å². The van der Waals surface area contributed by atoms with Gasteiger partial charge in [-0.2, -0.15) is 0 Å². The zero-order valence-corrected chi connectivity index (χ0v) is 16.0. The Morgan fingerprint density at radius 1 is 1.08 bits per heavy atom. The number of nitrogens with one attached hydrogen (secondary N) is 2. The predicted molar refractivity (Wildman–Crippen MR) is 98.3 cm³/mol. The van der Waals surface area contributed by atoms with Crippen LogP contribution >= 0.6 is 39.1 Å². The molecule has 2 aromatic rings. The van der Waals surface area contributed by atoms with Crippen molar-refractivity contribution in [1.29, 1.82) is 0 Å². The zero-order valence-electron chi connectivity index (χ0n) is 12.9. The summed E-state index contributed by atoms with van der Waals surface area (Å²) in [6.45, 7) is -0.336. The molecule has 25 heavy (non-hydrogen) atoms. The van der Waals surface area contributed by atoms with Crippen molar-refractivity contribution in [2.45, 2.75) is 0 Å².